The van der Waals surface area contributed by atoms with Crippen LogP contribution >= 0.6 is 0 Å². The lowest BCUT2D eigenvalue weighted by molar-refractivity contribution is -0.138. The molecule has 40 heavy (non-hydrogen) atoms. The smallest absolute Gasteiger partial charge is 0.423 e. The van der Waals surface area contributed by atoms with Crippen LogP contribution in [-0.2, 0) is 21.9 Å². The van der Waals surface area contributed by atoms with Crippen LogP contribution in [-0.4, -0.2) is 88.3 Å². The Morgan fingerprint density at radius 2 is 1.95 bits per heavy atom. The van der Waals surface area contributed by atoms with Crippen LogP contribution < -0.4 is 15.6 Å². The van der Waals surface area contributed by atoms with Crippen molar-refractivity contribution >= 4 is 17.5 Å². The van der Waals surface area contributed by atoms with Gasteiger partial charge in [-0.25, -0.2) is 10.1 Å². The molecule has 0 bridgehead atoms. The summed E-state index contributed by atoms with van der Waals surface area (Å²) in [5.41, 5.74) is -4.58. The Bertz CT molecular complexity index is 1320. The van der Waals surface area contributed by atoms with Crippen molar-refractivity contribution in [1.29, 1.82) is 0 Å². The van der Waals surface area contributed by atoms with E-state index in [2.05, 4.69) is 15.4 Å². The van der Waals surface area contributed by atoms with Gasteiger partial charge in [0.15, 0.2) is 11.4 Å². The SMILES string of the molecule is CC(COCCC(=O)N1CCN2C(=O)c3ncc(C(F)(F)F)cc3OC[C@@H]2C1)Nc1cn[nH]c(=O)c1C(F)(F)F. The minimum absolute atomic E-state index is 0.0551. The summed E-state index contributed by atoms with van der Waals surface area (Å²) >= 11 is 0. The number of carbonyl (C=O) groups is 2. The molecular formula is C23H24F6N6O5. The van der Waals surface area contributed by atoms with Gasteiger partial charge >= 0.3 is 12.4 Å². The van der Waals surface area contributed by atoms with Crippen LogP contribution in [0.2, 0.25) is 0 Å². The molecular weight excluding hydrogens is 554 g/mol. The lowest BCUT2D eigenvalue weighted by atomic mass is 10.1. The minimum Gasteiger partial charge on any atom is -0.489 e. The van der Waals surface area contributed by atoms with Gasteiger partial charge in [0.2, 0.25) is 5.91 Å². The number of amides is 2. The van der Waals surface area contributed by atoms with Crippen molar-refractivity contribution in [2.24, 2.45) is 0 Å². The average Bonchev–Trinajstić information content (AvgIpc) is 3.01. The number of alkyl halides is 6. The van der Waals surface area contributed by atoms with Crippen LogP contribution in [0.4, 0.5) is 32.0 Å². The molecule has 0 aromatic carbocycles. The molecule has 2 amide bonds. The number of hydrogen-bond donors (Lipinski definition) is 2. The van der Waals surface area contributed by atoms with Gasteiger partial charge in [0, 0.05) is 31.9 Å². The molecule has 2 aromatic heterocycles. The first-order valence-electron chi connectivity index (χ1n) is 12.0. The van der Waals surface area contributed by atoms with E-state index in [9.17, 15) is 40.7 Å². The van der Waals surface area contributed by atoms with Gasteiger partial charge in [0.05, 0.1) is 43.1 Å². The Balaban J connectivity index is 1.27. The number of rotatable bonds is 7. The third-order valence-corrected chi connectivity index (χ3v) is 6.28. The average molecular weight is 578 g/mol. The van der Waals surface area contributed by atoms with Crippen LogP contribution in [0.5, 0.6) is 5.75 Å². The number of nitrogens with zero attached hydrogens (tertiary/aromatic N) is 4. The molecule has 1 fully saturated rings. The second-order valence-corrected chi connectivity index (χ2v) is 9.23. The lowest BCUT2D eigenvalue weighted by Crippen LogP contribution is -2.57. The number of H-pyrrole nitrogens is 1. The second-order valence-electron chi connectivity index (χ2n) is 9.23. The van der Waals surface area contributed by atoms with E-state index in [1.807, 2.05) is 0 Å². The van der Waals surface area contributed by atoms with E-state index >= 15 is 0 Å². The van der Waals surface area contributed by atoms with E-state index in [1.54, 1.807) is 5.10 Å². The largest absolute Gasteiger partial charge is 0.489 e. The molecule has 4 heterocycles. The third-order valence-electron chi connectivity index (χ3n) is 6.28. The maximum absolute atomic E-state index is 13.2. The van der Waals surface area contributed by atoms with Gasteiger partial charge in [-0.3, -0.25) is 14.4 Å². The highest BCUT2D eigenvalue weighted by Gasteiger charge is 2.40. The van der Waals surface area contributed by atoms with Gasteiger partial charge in [-0.1, -0.05) is 0 Å². The third kappa shape index (κ3) is 6.46. The summed E-state index contributed by atoms with van der Waals surface area (Å²) in [6.45, 7) is 1.62. The molecule has 2 aliphatic heterocycles. The summed E-state index contributed by atoms with van der Waals surface area (Å²) in [7, 11) is 0. The first-order chi connectivity index (χ1) is 18.8. The number of piperazine rings is 1. The zero-order valence-corrected chi connectivity index (χ0v) is 20.9. The molecule has 2 aromatic rings. The predicted molar refractivity (Wildman–Crippen MR) is 125 cm³/mol. The zero-order chi connectivity index (χ0) is 29.2. The molecule has 11 nitrogen and oxygen atoms in total. The van der Waals surface area contributed by atoms with Crippen LogP contribution in [0.15, 0.2) is 23.3 Å². The number of nitrogens with one attached hydrogen (secondary N) is 2. The number of ether oxygens (including phenoxy) is 2. The van der Waals surface area contributed by atoms with Crippen LogP contribution in [0, 0.1) is 0 Å². The topological polar surface area (TPSA) is 130 Å². The second kappa shape index (κ2) is 11.3. The van der Waals surface area contributed by atoms with Gasteiger partial charge in [0.25, 0.3) is 11.5 Å². The fourth-order valence-electron chi connectivity index (χ4n) is 4.36. The number of anilines is 1. The van der Waals surface area contributed by atoms with Crippen molar-refractivity contribution in [3.05, 3.63) is 45.6 Å². The van der Waals surface area contributed by atoms with Crippen molar-refractivity contribution in [2.45, 2.75) is 37.8 Å². The monoisotopic (exact) mass is 578 g/mol. The van der Waals surface area contributed by atoms with Crippen molar-refractivity contribution < 1.29 is 45.4 Å². The first-order valence-corrected chi connectivity index (χ1v) is 12.0. The fraction of sp³-hybridized carbons (Fsp3) is 0.522. The van der Waals surface area contributed by atoms with E-state index in [4.69, 9.17) is 9.47 Å². The van der Waals surface area contributed by atoms with Gasteiger partial charge in [0.1, 0.15) is 12.2 Å². The molecule has 17 heteroatoms. The van der Waals surface area contributed by atoms with Gasteiger partial charge < -0.3 is 24.6 Å². The van der Waals surface area contributed by atoms with Crippen molar-refractivity contribution in [2.75, 3.05) is 44.8 Å². The Hall–Kier alpha value is -3.89. The summed E-state index contributed by atoms with van der Waals surface area (Å²) < 4.78 is 89.5. The summed E-state index contributed by atoms with van der Waals surface area (Å²) in [6.07, 6.45) is -8.20. The van der Waals surface area contributed by atoms with Gasteiger partial charge in [-0.15, -0.1) is 0 Å². The Labute approximate surface area is 222 Å². The highest BCUT2D eigenvalue weighted by Crippen LogP contribution is 2.34. The fourth-order valence-corrected chi connectivity index (χ4v) is 4.36. The first kappa shape index (κ1) is 29.1. The number of pyridine rings is 1. The highest BCUT2D eigenvalue weighted by atomic mass is 19.4. The molecule has 0 radical (unpaired) electrons. The number of aromatic amines is 1. The number of hydrogen-bond acceptors (Lipinski definition) is 8. The molecule has 2 aliphatic rings. The molecule has 1 saturated heterocycles. The van der Waals surface area contributed by atoms with Crippen LogP contribution in [0.3, 0.4) is 0 Å². The van der Waals surface area contributed by atoms with E-state index < -0.39 is 52.7 Å². The molecule has 218 valence electrons. The van der Waals surface area contributed by atoms with Crippen molar-refractivity contribution in [3.63, 3.8) is 0 Å². The standard InChI is InChI=1S/C23H24F6N6O5/c1-12(32-15-8-31-33-20(37)18(15)23(27,28)29)10-39-5-2-17(36)34-3-4-35-14(9-34)11-40-16-6-13(22(24,25)26)7-30-19(16)21(35)38/h6-8,12,14H,2-5,9-11H2,1H3,(H2,32,33,37)/t12?,14-/m0/s1. The van der Waals surface area contributed by atoms with E-state index in [0.29, 0.717) is 6.20 Å². The molecule has 2 N–H and O–H groups in total. The minimum atomic E-state index is -4.89. The summed E-state index contributed by atoms with van der Waals surface area (Å²) in [5, 5.41) is 7.64. The van der Waals surface area contributed by atoms with Gasteiger partial charge in [-0.05, 0) is 13.0 Å². The molecule has 1 unspecified atom stereocenters. The summed E-state index contributed by atoms with van der Waals surface area (Å²) in [5.74, 6) is -1.18. The van der Waals surface area contributed by atoms with E-state index in [1.165, 1.54) is 16.7 Å². The molecule has 0 saturated carbocycles. The molecule has 0 aliphatic carbocycles. The van der Waals surface area contributed by atoms with Crippen molar-refractivity contribution in [1.82, 2.24) is 25.0 Å². The number of fused-ring (bicyclic) bond motifs is 2. The maximum atomic E-state index is 13.2. The maximum Gasteiger partial charge on any atom is 0.423 e. The zero-order valence-electron chi connectivity index (χ0n) is 20.9. The number of carbonyl (C=O) groups excluding carboxylic acids is 2. The molecule has 0 spiro atoms. The van der Waals surface area contributed by atoms with E-state index in [0.717, 1.165) is 12.3 Å². The number of aromatic nitrogens is 3. The van der Waals surface area contributed by atoms with Gasteiger partial charge in [-0.2, -0.15) is 31.4 Å². The quantitative estimate of drug-likeness (QED) is 0.378. The summed E-state index contributed by atoms with van der Waals surface area (Å²) in [4.78, 5) is 43.7. The van der Waals surface area contributed by atoms with E-state index in [-0.39, 0.29) is 63.2 Å². The highest BCUT2D eigenvalue weighted by molar-refractivity contribution is 5.95. The number of halogens is 6. The van der Waals surface area contributed by atoms with Crippen LogP contribution in [0.1, 0.15) is 35.0 Å². The lowest BCUT2D eigenvalue weighted by Gasteiger charge is -2.39. The molecule has 2 atom stereocenters. The Morgan fingerprint density at radius 3 is 2.65 bits per heavy atom. The molecule has 4 rings (SSSR count). The Kier molecular flexibility index (Phi) is 8.23. The predicted octanol–water partition coefficient (Wildman–Crippen LogP) is 2.16. The normalized spacial score (nSPS) is 18.4. The Morgan fingerprint density at radius 1 is 1.20 bits per heavy atom. The van der Waals surface area contributed by atoms with Crippen molar-refractivity contribution in [3.8, 4) is 5.75 Å². The van der Waals surface area contributed by atoms with Crippen LogP contribution in [0.25, 0.3) is 0 Å². The summed E-state index contributed by atoms with van der Waals surface area (Å²) in [6, 6.07) is -0.541.